The molecular formula is C57H71Cl3N6O5. The molecule has 0 atom stereocenters. The van der Waals surface area contributed by atoms with E-state index in [1.807, 2.05) is 43.8 Å². The zero-order valence-corrected chi connectivity index (χ0v) is 44.0. The molecule has 71 heavy (non-hydrogen) atoms. The van der Waals surface area contributed by atoms with E-state index >= 15 is 0 Å². The highest BCUT2D eigenvalue weighted by Crippen LogP contribution is 2.53. The molecule has 2 aliphatic carbocycles. The van der Waals surface area contributed by atoms with Crippen molar-refractivity contribution in [3.63, 3.8) is 0 Å². The average Bonchev–Trinajstić information content (AvgIpc) is 3.94. The highest BCUT2D eigenvalue weighted by molar-refractivity contribution is 6.39. The zero-order valence-electron chi connectivity index (χ0n) is 41.7. The van der Waals surface area contributed by atoms with Crippen molar-refractivity contribution in [2.24, 2.45) is 0 Å². The number of likely N-dealkylation sites (N-methyl/N-ethyl adjacent to an activating group) is 1. The first-order chi connectivity index (χ1) is 34.4. The number of aromatic nitrogens is 3. The lowest BCUT2D eigenvalue weighted by Crippen LogP contribution is -2.41. The van der Waals surface area contributed by atoms with E-state index in [-0.39, 0.29) is 36.3 Å². The molecule has 11 nitrogen and oxygen atoms in total. The number of carbonyl (C=O) groups is 2. The first-order valence-corrected chi connectivity index (χ1v) is 26.3. The van der Waals surface area contributed by atoms with Gasteiger partial charge in [-0.05, 0) is 122 Å². The summed E-state index contributed by atoms with van der Waals surface area (Å²) in [5.74, 6) is 1.33. The van der Waals surface area contributed by atoms with Gasteiger partial charge in [-0.3, -0.25) is 14.3 Å². The van der Waals surface area contributed by atoms with Gasteiger partial charge in [-0.2, -0.15) is 5.10 Å². The molecule has 0 radical (unpaired) electrons. The van der Waals surface area contributed by atoms with Crippen LogP contribution in [-0.4, -0.2) is 70.0 Å². The minimum atomic E-state index is -1.16. The van der Waals surface area contributed by atoms with Crippen molar-refractivity contribution in [1.29, 1.82) is 0 Å². The fraction of sp³-hybridized carbons (Fsp3) is 0.439. The Labute approximate surface area is 435 Å². The van der Waals surface area contributed by atoms with Crippen LogP contribution in [0.3, 0.4) is 0 Å². The normalized spacial score (nSPS) is 17.4. The van der Waals surface area contributed by atoms with Gasteiger partial charge in [0.05, 0.1) is 26.2 Å². The van der Waals surface area contributed by atoms with Crippen LogP contribution in [0.5, 0.6) is 5.75 Å². The van der Waals surface area contributed by atoms with Crippen molar-refractivity contribution in [3.8, 4) is 17.0 Å². The van der Waals surface area contributed by atoms with Crippen molar-refractivity contribution in [1.82, 2.24) is 30.5 Å². The van der Waals surface area contributed by atoms with E-state index in [0.717, 1.165) is 68.4 Å². The molecule has 380 valence electrons. The second-order valence-corrected chi connectivity index (χ2v) is 19.9. The lowest BCUT2D eigenvalue weighted by Gasteiger charge is -2.44. The number of benzene rings is 2. The number of halogens is 3. The van der Waals surface area contributed by atoms with Crippen molar-refractivity contribution >= 4 is 46.6 Å². The number of hydrogen-bond donors (Lipinski definition) is 3. The van der Waals surface area contributed by atoms with E-state index in [2.05, 4.69) is 106 Å². The Bertz CT molecular complexity index is 2520. The van der Waals surface area contributed by atoms with Gasteiger partial charge in [0.15, 0.2) is 0 Å². The molecule has 2 fully saturated rings. The number of rotatable bonds is 29. The lowest BCUT2D eigenvalue weighted by atomic mass is 9.66. The molecule has 2 amide bonds. The third-order valence-corrected chi connectivity index (χ3v) is 13.5. The standard InChI is InChI=1S/C57H71Cl3N6O5/c1-5-6-7-8-9-10-11-12-13-14-15-16-17-18-19-20-21-22-23-27-52(67)61-32-34-65(4)35-33-62-56(68)50-37-51(66(63-50)41(2)3)43-38-57(69,39-43)46-31-30-44(36-49(46)60)70-40-45-54(64-71-55(45)42-28-29-42)53-47(58)25-24-26-48(53)59/h6-7,9-10,12-13,15-16,18-19,21-22,24-26,30-31,36-37,41-43,69H,5,8,11,14,17,20,23,27-29,32-35,38-40H2,1-4H3,(H,61,67)(H,62,68). The molecule has 2 aromatic carbocycles. The number of aliphatic hydroxyl groups is 1. The molecule has 2 aliphatic rings. The van der Waals surface area contributed by atoms with Crippen molar-refractivity contribution in [2.45, 2.75) is 128 Å². The highest BCUT2D eigenvalue weighted by atomic mass is 35.5. The Morgan fingerprint density at radius 1 is 0.831 bits per heavy atom. The van der Waals surface area contributed by atoms with E-state index in [1.54, 1.807) is 24.3 Å². The fourth-order valence-corrected chi connectivity index (χ4v) is 9.40. The molecule has 2 saturated carbocycles. The molecule has 0 saturated heterocycles. The second-order valence-electron chi connectivity index (χ2n) is 18.7. The number of ether oxygens (including phenoxy) is 1. The highest BCUT2D eigenvalue weighted by Gasteiger charge is 2.47. The molecule has 14 heteroatoms. The van der Waals surface area contributed by atoms with Crippen LogP contribution in [0, 0.1) is 0 Å². The Morgan fingerprint density at radius 2 is 1.42 bits per heavy atom. The van der Waals surface area contributed by atoms with E-state index in [1.165, 1.54) is 0 Å². The SMILES string of the molecule is CCC=CCC=CCC=CCC=CCC=CCC=CCCC(=O)NCCN(C)CCNC(=O)c1cc(C2CC(O)(c3ccc(OCc4c(-c5c(Cl)cccc5Cl)noc4C4CC4)cc3Cl)C2)n(C(C)C)n1. The maximum Gasteiger partial charge on any atom is 0.271 e. The Morgan fingerprint density at radius 3 is 2.00 bits per heavy atom. The molecule has 0 unspecified atom stereocenters. The summed E-state index contributed by atoms with van der Waals surface area (Å²) in [6.45, 7) is 8.59. The molecule has 2 heterocycles. The van der Waals surface area contributed by atoms with E-state index in [0.29, 0.717) is 95.2 Å². The van der Waals surface area contributed by atoms with Gasteiger partial charge < -0.3 is 29.9 Å². The van der Waals surface area contributed by atoms with Crippen LogP contribution in [0.1, 0.15) is 149 Å². The van der Waals surface area contributed by atoms with Crippen LogP contribution in [0.25, 0.3) is 11.3 Å². The summed E-state index contributed by atoms with van der Waals surface area (Å²) >= 11 is 19.9. The monoisotopic (exact) mass is 1020 g/mol. The van der Waals surface area contributed by atoms with Crippen LogP contribution < -0.4 is 15.4 Å². The largest absolute Gasteiger partial charge is 0.489 e. The molecule has 0 aliphatic heterocycles. The Hall–Kier alpha value is -5.17. The first-order valence-electron chi connectivity index (χ1n) is 25.2. The van der Waals surface area contributed by atoms with E-state index < -0.39 is 5.60 Å². The molecule has 6 rings (SSSR count). The van der Waals surface area contributed by atoms with Gasteiger partial charge in [-0.25, -0.2) is 0 Å². The third-order valence-electron chi connectivity index (χ3n) is 12.6. The summed E-state index contributed by atoms with van der Waals surface area (Å²) in [6, 6.07) is 12.5. The first kappa shape index (κ1) is 55.1. The zero-order chi connectivity index (χ0) is 50.6. The third kappa shape index (κ3) is 16.7. The summed E-state index contributed by atoms with van der Waals surface area (Å²) in [5.41, 5.74) is 2.66. The number of nitrogens with zero attached hydrogens (tertiary/aromatic N) is 4. The van der Waals surface area contributed by atoms with Crippen molar-refractivity contribution in [3.05, 3.63) is 159 Å². The molecule has 4 aromatic rings. The minimum Gasteiger partial charge on any atom is -0.489 e. The number of hydrogen-bond acceptors (Lipinski definition) is 8. The second kappa shape index (κ2) is 28.2. The van der Waals surface area contributed by atoms with Gasteiger partial charge >= 0.3 is 0 Å². The molecule has 0 bridgehead atoms. The summed E-state index contributed by atoms with van der Waals surface area (Å²) in [7, 11) is 1.96. The predicted octanol–water partition coefficient (Wildman–Crippen LogP) is 13.6. The summed E-state index contributed by atoms with van der Waals surface area (Å²) < 4.78 is 13.9. The van der Waals surface area contributed by atoms with Crippen molar-refractivity contribution < 1.29 is 24.0 Å². The Kier molecular flexibility index (Phi) is 21.9. The van der Waals surface area contributed by atoms with Crippen molar-refractivity contribution in [2.75, 3.05) is 33.2 Å². The smallest absolute Gasteiger partial charge is 0.271 e. The maximum atomic E-state index is 13.3. The predicted molar refractivity (Wildman–Crippen MR) is 288 cm³/mol. The maximum absolute atomic E-state index is 13.3. The molecule has 0 spiro atoms. The van der Waals surface area contributed by atoms with E-state index in [9.17, 15) is 14.7 Å². The lowest BCUT2D eigenvalue weighted by molar-refractivity contribution is -0.121. The average molecular weight is 1030 g/mol. The van der Waals surface area contributed by atoms with Crippen LogP contribution in [0.15, 0.2) is 120 Å². The van der Waals surface area contributed by atoms with Gasteiger partial charge in [-0.1, -0.05) is 132 Å². The van der Waals surface area contributed by atoms with Gasteiger partial charge in [0.25, 0.3) is 5.91 Å². The minimum absolute atomic E-state index is 0.00698. The molecular weight excluding hydrogens is 955 g/mol. The molecule has 2 aromatic heterocycles. The number of amides is 2. The van der Waals surface area contributed by atoms with Gasteiger partial charge in [-0.15, -0.1) is 0 Å². The van der Waals surface area contributed by atoms with Crippen LogP contribution in [0.2, 0.25) is 15.1 Å². The van der Waals surface area contributed by atoms with Crippen LogP contribution in [-0.2, 0) is 17.0 Å². The van der Waals surface area contributed by atoms with Crippen LogP contribution in [0.4, 0.5) is 0 Å². The van der Waals surface area contributed by atoms with E-state index in [4.69, 9.17) is 44.1 Å². The molecule has 3 N–H and O–H groups in total. The number of carbonyl (C=O) groups excluding carboxylic acids is 2. The summed E-state index contributed by atoms with van der Waals surface area (Å²) in [4.78, 5) is 27.8. The van der Waals surface area contributed by atoms with Gasteiger partial charge in [0.2, 0.25) is 5.91 Å². The van der Waals surface area contributed by atoms with Crippen LogP contribution >= 0.6 is 34.8 Å². The summed E-state index contributed by atoms with van der Waals surface area (Å²) in [5, 5.41) is 28.2. The number of allylic oxidation sites excluding steroid dienone is 12. The van der Waals surface area contributed by atoms with Gasteiger partial charge in [0.1, 0.15) is 29.5 Å². The quantitative estimate of drug-likeness (QED) is 0.0458. The summed E-state index contributed by atoms with van der Waals surface area (Å²) in [6.07, 6.45) is 35.9. The van der Waals surface area contributed by atoms with Gasteiger partial charge in [0, 0.05) is 67.3 Å². The Balaban J connectivity index is 0.864. The topological polar surface area (TPSA) is 135 Å². The number of nitrogens with one attached hydrogen (secondary N) is 2. The fourth-order valence-electron chi connectivity index (χ4n) is 8.48.